The monoisotopic (exact) mass is 289 g/mol. The molecule has 116 valence electrons. The summed E-state index contributed by atoms with van der Waals surface area (Å²) in [4.78, 5) is 0. The Hall–Kier alpha value is -1.15. The van der Waals surface area contributed by atoms with Gasteiger partial charge < -0.3 is 5.32 Å². The fraction of sp³-hybridized carbons (Fsp3) is 0.579. The minimum Gasteiger partial charge on any atom is -0.313 e. The van der Waals surface area contributed by atoms with Gasteiger partial charge in [-0.05, 0) is 50.4 Å². The lowest BCUT2D eigenvalue weighted by molar-refractivity contribution is 0.386. The van der Waals surface area contributed by atoms with Gasteiger partial charge in [0.1, 0.15) is 5.82 Å². The maximum atomic E-state index is 13.2. The number of likely N-dealkylation sites (N-methyl/N-ethyl adjacent to an activating group) is 1. The Morgan fingerprint density at radius 1 is 1.05 bits per heavy atom. The van der Waals surface area contributed by atoms with Gasteiger partial charge in [-0.2, -0.15) is 0 Å². The van der Waals surface area contributed by atoms with E-state index in [1.807, 2.05) is 19.2 Å². The van der Waals surface area contributed by atoms with Crippen molar-refractivity contribution in [3.63, 3.8) is 0 Å². The minimum absolute atomic E-state index is 0.0481. The second kappa shape index (κ2) is 7.22. The predicted molar refractivity (Wildman–Crippen MR) is 88.1 cm³/mol. The van der Waals surface area contributed by atoms with E-state index in [1.54, 1.807) is 12.1 Å². The summed E-state index contributed by atoms with van der Waals surface area (Å²) in [5.74, 6) is -0.166. The molecule has 1 atom stereocenters. The van der Waals surface area contributed by atoms with Crippen molar-refractivity contribution in [1.29, 1.82) is 0 Å². The number of rotatable bonds is 4. The summed E-state index contributed by atoms with van der Waals surface area (Å²) in [6.45, 7) is 4.50. The van der Waals surface area contributed by atoms with E-state index >= 15 is 0 Å². The summed E-state index contributed by atoms with van der Waals surface area (Å²) in [7, 11) is 2.04. The predicted octanol–water partition coefficient (Wildman–Crippen LogP) is 4.97. The Bertz CT molecular complexity index is 473. The second-order valence-electron chi connectivity index (χ2n) is 6.68. The summed E-state index contributed by atoms with van der Waals surface area (Å²) in [6, 6.07) is 7.28. The smallest absolute Gasteiger partial charge is 0.123 e. The van der Waals surface area contributed by atoms with Gasteiger partial charge in [0.2, 0.25) is 0 Å². The molecule has 0 heterocycles. The first-order chi connectivity index (χ1) is 10.1. The lowest BCUT2D eigenvalue weighted by atomic mass is 9.73. The van der Waals surface area contributed by atoms with Crippen molar-refractivity contribution in [2.24, 2.45) is 0 Å². The standard InChI is InChI=1S/C19H28FN/c1-19(2,16-11-13-17(20)14-12-16)18(21-3)15-9-7-5-4-6-8-10-15/h9,11-14,18,21H,4-8,10H2,1-3H3/b15-9+. The summed E-state index contributed by atoms with van der Waals surface area (Å²) in [6.07, 6.45) is 10.1. The highest BCUT2D eigenvalue weighted by atomic mass is 19.1. The van der Waals surface area contributed by atoms with E-state index in [9.17, 15) is 4.39 Å². The summed E-state index contributed by atoms with van der Waals surface area (Å²) in [5.41, 5.74) is 2.66. The van der Waals surface area contributed by atoms with Crippen molar-refractivity contribution in [3.05, 3.63) is 47.3 Å². The highest BCUT2D eigenvalue weighted by Gasteiger charge is 2.32. The summed E-state index contributed by atoms with van der Waals surface area (Å²) < 4.78 is 13.2. The Morgan fingerprint density at radius 2 is 1.71 bits per heavy atom. The number of benzene rings is 1. The van der Waals surface area contributed by atoms with Crippen LogP contribution in [-0.2, 0) is 5.41 Å². The highest BCUT2D eigenvalue weighted by molar-refractivity contribution is 5.31. The third-order valence-electron chi connectivity index (χ3n) is 4.80. The maximum Gasteiger partial charge on any atom is 0.123 e. The average Bonchev–Trinajstić information content (AvgIpc) is 2.42. The normalized spacial score (nSPS) is 21.0. The third kappa shape index (κ3) is 3.94. The van der Waals surface area contributed by atoms with Crippen LogP contribution in [0.3, 0.4) is 0 Å². The molecule has 1 nitrogen and oxygen atoms in total. The molecule has 0 saturated heterocycles. The molecule has 0 fully saturated rings. The topological polar surface area (TPSA) is 12.0 Å². The van der Waals surface area contributed by atoms with Gasteiger partial charge >= 0.3 is 0 Å². The van der Waals surface area contributed by atoms with E-state index in [-0.39, 0.29) is 11.2 Å². The summed E-state index contributed by atoms with van der Waals surface area (Å²) >= 11 is 0. The first-order valence-electron chi connectivity index (χ1n) is 8.18. The van der Waals surface area contributed by atoms with Gasteiger partial charge in [-0.25, -0.2) is 4.39 Å². The zero-order chi connectivity index (χ0) is 15.3. The van der Waals surface area contributed by atoms with Gasteiger partial charge in [0.05, 0.1) is 0 Å². The molecule has 0 aromatic heterocycles. The number of allylic oxidation sites excluding steroid dienone is 1. The van der Waals surface area contributed by atoms with Gasteiger partial charge in [0.25, 0.3) is 0 Å². The zero-order valence-electron chi connectivity index (χ0n) is 13.6. The van der Waals surface area contributed by atoms with E-state index in [2.05, 4.69) is 25.2 Å². The molecular formula is C19H28FN. The van der Waals surface area contributed by atoms with Gasteiger partial charge in [0.15, 0.2) is 0 Å². The molecule has 0 spiro atoms. The van der Waals surface area contributed by atoms with Crippen LogP contribution < -0.4 is 5.32 Å². The molecule has 1 aliphatic rings. The quantitative estimate of drug-likeness (QED) is 0.771. The molecule has 1 aromatic rings. The van der Waals surface area contributed by atoms with E-state index in [0.29, 0.717) is 6.04 Å². The average molecular weight is 289 g/mol. The van der Waals surface area contributed by atoms with Gasteiger partial charge in [-0.3, -0.25) is 0 Å². The molecule has 1 aliphatic carbocycles. The third-order valence-corrected chi connectivity index (χ3v) is 4.80. The SMILES string of the molecule is CNC(/C1=C/CCCCCC1)C(C)(C)c1ccc(F)cc1. The Morgan fingerprint density at radius 3 is 2.38 bits per heavy atom. The van der Waals surface area contributed by atoms with Crippen molar-refractivity contribution in [2.75, 3.05) is 7.05 Å². The fourth-order valence-corrected chi connectivity index (χ4v) is 3.53. The number of hydrogen-bond acceptors (Lipinski definition) is 1. The second-order valence-corrected chi connectivity index (χ2v) is 6.68. The number of halogens is 1. The molecular weight excluding hydrogens is 261 g/mol. The van der Waals surface area contributed by atoms with Crippen LogP contribution in [-0.4, -0.2) is 13.1 Å². The van der Waals surface area contributed by atoms with Crippen molar-refractivity contribution >= 4 is 0 Å². The number of hydrogen-bond donors (Lipinski definition) is 1. The van der Waals surface area contributed by atoms with Crippen LogP contribution in [0.5, 0.6) is 0 Å². The van der Waals surface area contributed by atoms with Crippen molar-refractivity contribution in [1.82, 2.24) is 5.32 Å². The highest BCUT2D eigenvalue weighted by Crippen LogP contribution is 2.33. The molecule has 2 heteroatoms. The van der Waals surface area contributed by atoms with Crippen molar-refractivity contribution < 1.29 is 4.39 Å². The summed E-state index contributed by atoms with van der Waals surface area (Å²) in [5, 5.41) is 3.51. The molecule has 0 aliphatic heterocycles. The molecule has 0 amide bonds. The van der Waals surface area contributed by atoms with Gasteiger partial charge in [0, 0.05) is 11.5 Å². The van der Waals surface area contributed by atoms with Crippen LogP contribution >= 0.6 is 0 Å². The van der Waals surface area contributed by atoms with Gasteiger partial charge in [-0.15, -0.1) is 0 Å². The Kier molecular flexibility index (Phi) is 5.58. The number of nitrogens with one attached hydrogen (secondary N) is 1. The lowest BCUT2D eigenvalue weighted by Gasteiger charge is -2.37. The van der Waals surface area contributed by atoms with Crippen molar-refractivity contribution in [3.8, 4) is 0 Å². The molecule has 1 aromatic carbocycles. The molecule has 2 rings (SSSR count). The zero-order valence-corrected chi connectivity index (χ0v) is 13.6. The Labute approximate surface area is 128 Å². The van der Waals surface area contributed by atoms with Crippen LogP contribution in [0.4, 0.5) is 4.39 Å². The van der Waals surface area contributed by atoms with Crippen LogP contribution in [0, 0.1) is 5.82 Å². The Balaban J connectivity index is 2.27. The first-order valence-corrected chi connectivity index (χ1v) is 8.18. The van der Waals surface area contributed by atoms with Crippen LogP contribution in [0.25, 0.3) is 0 Å². The molecule has 0 bridgehead atoms. The minimum atomic E-state index is -0.166. The fourth-order valence-electron chi connectivity index (χ4n) is 3.53. The molecule has 1 unspecified atom stereocenters. The van der Waals surface area contributed by atoms with Crippen LogP contribution in [0.1, 0.15) is 57.9 Å². The van der Waals surface area contributed by atoms with Crippen LogP contribution in [0.15, 0.2) is 35.9 Å². The molecule has 1 N–H and O–H groups in total. The molecule has 21 heavy (non-hydrogen) atoms. The maximum absolute atomic E-state index is 13.2. The van der Waals surface area contributed by atoms with E-state index in [4.69, 9.17) is 0 Å². The first kappa shape index (κ1) is 16.2. The van der Waals surface area contributed by atoms with E-state index in [1.165, 1.54) is 49.7 Å². The van der Waals surface area contributed by atoms with Gasteiger partial charge in [-0.1, -0.05) is 50.5 Å². The lowest BCUT2D eigenvalue weighted by Crippen LogP contribution is -2.44. The molecule has 0 radical (unpaired) electrons. The van der Waals surface area contributed by atoms with E-state index in [0.717, 1.165) is 0 Å². The largest absolute Gasteiger partial charge is 0.313 e. The van der Waals surface area contributed by atoms with Crippen molar-refractivity contribution in [2.45, 2.75) is 63.8 Å². The van der Waals surface area contributed by atoms with Crippen LogP contribution in [0.2, 0.25) is 0 Å². The van der Waals surface area contributed by atoms with E-state index < -0.39 is 0 Å². The molecule has 0 saturated carbocycles.